The Morgan fingerprint density at radius 1 is 1.27 bits per heavy atom. The summed E-state index contributed by atoms with van der Waals surface area (Å²) in [6.07, 6.45) is -6.73. The Labute approximate surface area is 170 Å². The van der Waals surface area contributed by atoms with Crippen molar-refractivity contribution in [1.29, 1.82) is 0 Å². The molecular formula is C18H27F6N5O. The van der Waals surface area contributed by atoms with Gasteiger partial charge in [-0.3, -0.25) is 4.99 Å². The van der Waals surface area contributed by atoms with Crippen LogP contribution in [0.1, 0.15) is 44.9 Å². The normalized spacial score (nSPS) is 23.2. The Morgan fingerprint density at radius 3 is 2.50 bits per heavy atom. The van der Waals surface area contributed by atoms with Crippen LogP contribution in [-0.4, -0.2) is 52.1 Å². The Kier molecular flexibility index (Phi) is 7.64. The largest absolute Gasteiger partial charge is 0.424 e. The van der Waals surface area contributed by atoms with E-state index in [0.717, 1.165) is 10.8 Å². The van der Waals surface area contributed by atoms with Gasteiger partial charge in [0.15, 0.2) is 5.96 Å². The molecule has 1 saturated carbocycles. The molecule has 6 nitrogen and oxygen atoms in total. The number of aliphatic hydroxyl groups is 1. The molecule has 0 radical (unpaired) electrons. The lowest BCUT2D eigenvalue weighted by Gasteiger charge is -2.32. The van der Waals surface area contributed by atoms with Crippen LogP contribution in [0.5, 0.6) is 0 Å². The van der Waals surface area contributed by atoms with Crippen LogP contribution >= 0.6 is 0 Å². The van der Waals surface area contributed by atoms with Crippen LogP contribution in [0.15, 0.2) is 17.4 Å². The lowest BCUT2D eigenvalue weighted by atomic mass is 9.85. The van der Waals surface area contributed by atoms with Crippen molar-refractivity contribution in [2.75, 3.05) is 13.1 Å². The summed E-state index contributed by atoms with van der Waals surface area (Å²) in [5.74, 6) is -1.84. The molecule has 30 heavy (non-hydrogen) atoms. The highest BCUT2D eigenvalue weighted by molar-refractivity contribution is 5.80. The first kappa shape index (κ1) is 24.3. The third kappa shape index (κ3) is 5.79. The van der Waals surface area contributed by atoms with Crippen molar-refractivity contribution < 1.29 is 31.4 Å². The van der Waals surface area contributed by atoms with E-state index in [-0.39, 0.29) is 18.8 Å². The van der Waals surface area contributed by atoms with Crippen LogP contribution in [0.25, 0.3) is 0 Å². The maximum Gasteiger partial charge on any atom is 0.424 e. The maximum atomic E-state index is 13.6. The van der Waals surface area contributed by atoms with Crippen molar-refractivity contribution in [2.45, 2.75) is 63.0 Å². The third-order valence-corrected chi connectivity index (χ3v) is 5.23. The van der Waals surface area contributed by atoms with Crippen molar-refractivity contribution in [2.24, 2.45) is 18.0 Å². The van der Waals surface area contributed by atoms with E-state index in [1.54, 1.807) is 6.92 Å². The molecule has 1 aliphatic rings. The summed E-state index contributed by atoms with van der Waals surface area (Å²) >= 11 is 0. The van der Waals surface area contributed by atoms with Crippen molar-refractivity contribution in [1.82, 2.24) is 20.2 Å². The molecule has 1 aromatic rings. The summed E-state index contributed by atoms with van der Waals surface area (Å²) in [6, 6.07) is -0.487. The molecule has 3 atom stereocenters. The summed E-state index contributed by atoms with van der Waals surface area (Å²) in [6.45, 7) is 1.70. The van der Waals surface area contributed by atoms with Crippen LogP contribution in [0, 0.1) is 5.92 Å². The van der Waals surface area contributed by atoms with Crippen LogP contribution in [0.3, 0.4) is 0 Å². The van der Waals surface area contributed by atoms with E-state index >= 15 is 0 Å². The third-order valence-electron chi connectivity index (χ3n) is 5.23. The minimum atomic E-state index is -4.98. The summed E-state index contributed by atoms with van der Waals surface area (Å²) < 4.78 is 80.7. The first-order valence-corrected chi connectivity index (χ1v) is 9.77. The number of imidazole rings is 1. The number of nitrogens with zero attached hydrogens (tertiary/aromatic N) is 3. The second-order valence-electron chi connectivity index (χ2n) is 7.48. The Balaban J connectivity index is 2.09. The van der Waals surface area contributed by atoms with Gasteiger partial charge in [0.05, 0.1) is 5.92 Å². The zero-order valence-electron chi connectivity index (χ0n) is 16.8. The molecular weight excluding hydrogens is 416 g/mol. The summed E-state index contributed by atoms with van der Waals surface area (Å²) in [5.41, 5.74) is -3.20. The number of rotatable bonds is 6. The second-order valence-corrected chi connectivity index (χ2v) is 7.48. The summed E-state index contributed by atoms with van der Waals surface area (Å²) in [5, 5.41) is 16.0. The quantitative estimate of drug-likeness (QED) is 0.359. The van der Waals surface area contributed by atoms with E-state index in [0.29, 0.717) is 19.4 Å². The molecule has 3 N–H and O–H groups in total. The summed E-state index contributed by atoms with van der Waals surface area (Å²) in [7, 11) is 1.34. The first-order chi connectivity index (χ1) is 13.9. The molecule has 0 bridgehead atoms. The van der Waals surface area contributed by atoms with Gasteiger partial charge >= 0.3 is 12.4 Å². The molecule has 2 rings (SSSR count). The van der Waals surface area contributed by atoms with Crippen molar-refractivity contribution in [3.05, 3.63) is 18.2 Å². The molecule has 172 valence electrons. The molecule has 0 saturated heterocycles. The molecule has 1 fully saturated rings. The number of aliphatic imine (C=N–C) groups is 1. The van der Waals surface area contributed by atoms with Gasteiger partial charge in [-0.05, 0) is 26.2 Å². The molecule has 0 spiro atoms. The lowest BCUT2D eigenvalue weighted by molar-refractivity contribution is -0.272. The monoisotopic (exact) mass is 443 g/mol. The molecule has 12 heteroatoms. The number of halogens is 6. The highest BCUT2D eigenvalue weighted by atomic mass is 19.4. The number of aryl methyl sites for hydroxylation is 1. The van der Waals surface area contributed by atoms with Gasteiger partial charge in [-0.2, -0.15) is 26.3 Å². The van der Waals surface area contributed by atoms with Crippen molar-refractivity contribution in [3.63, 3.8) is 0 Å². The number of nitrogens with one attached hydrogen (secondary N) is 2. The van der Waals surface area contributed by atoms with Crippen LogP contribution in [0.2, 0.25) is 0 Å². The van der Waals surface area contributed by atoms with Crippen molar-refractivity contribution >= 4 is 5.96 Å². The molecule has 1 aliphatic carbocycles. The standard InChI is InChI=1S/C18H27F6N5O/c1-3-25-15(28-13-6-4-5-12(11-13)17(19,20)21)27-8-7-16(30,18(22,23)24)14-26-9-10-29(14)2/h9-10,12-13,30H,3-8,11H2,1-2H3,(H2,25,27,28). The molecule has 3 unspecified atom stereocenters. The van der Waals surface area contributed by atoms with E-state index in [2.05, 4.69) is 20.6 Å². The lowest BCUT2D eigenvalue weighted by Crippen LogP contribution is -2.47. The van der Waals surface area contributed by atoms with E-state index in [4.69, 9.17) is 0 Å². The predicted octanol–water partition coefficient (Wildman–Crippen LogP) is 3.24. The smallest absolute Gasteiger partial charge is 0.374 e. The minimum Gasteiger partial charge on any atom is -0.374 e. The maximum absolute atomic E-state index is 13.6. The Bertz CT molecular complexity index is 717. The zero-order chi connectivity index (χ0) is 22.6. The SMILES string of the molecule is CCNC(=NCCC(O)(c1nccn1C)C(F)(F)F)NC1CCCC(C(F)(F)F)C1. The van der Waals surface area contributed by atoms with E-state index in [1.165, 1.54) is 13.2 Å². The summed E-state index contributed by atoms with van der Waals surface area (Å²) in [4.78, 5) is 7.67. The number of guanidine groups is 1. The minimum absolute atomic E-state index is 0.0671. The van der Waals surface area contributed by atoms with Gasteiger partial charge in [-0.15, -0.1) is 0 Å². The number of alkyl halides is 6. The zero-order valence-corrected chi connectivity index (χ0v) is 16.8. The van der Waals surface area contributed by atoms with Gasteiger partial charge in [0.1, 0.15) is 5.82 Å². The second kappa shape index (κ2) is 9.44. The molecule has 0 amide bonds. The molecule has 1 heterocycles. The fourth-order valence-corrected chi connectivity index (χ4v) is 3.61. The van der Waals surface area contributed by atoms with Crippen molar-refractivity contribution in [3.8, 4) is 0 Å². The fraction of sp³-hybridized carbons (Fsp3) is 0.778. The Morgan fingerprint density at radius 2 is 1.97 bits per heavy atom. The predicted molar refractivity (Wildman–Crippen MR) is 98.7 cm³/mol. The molecule has 1 aromatic heterocycles. The number of hydrogen-bond donors (Lipinski definition) is 3. The topological polar surface area (TPSA) is 74.5 Å². The average Bonchev–Trinajstić information content (AvgIpc) is 3.07. The van der Waals surface area contributed by atoms with Gasteiger partial charge in [0, 0.05) is 45.0 Å². The van der Waals surface area contributed by atoms with Gasteiger partial charge < -0.3 is 20.3 Å². The van der Waals surface area contributed by atoms with E-state index in [9.17, 15) is 31.4 Å². The van der Waals surface area contributed by atoms with Crippen LogP contribution in [0.4, 0.5) is 26.3 Å². The fourth-order valence-electron chi connectivity index (χ4n) is 3.61. The van der Waals surface area contributed by atoms with Gasteiger partial charge in [-0.25, -0.2) is 4.98 Å². The number of hydrogen-bond acceptors (Lipinski definition) is 3. The Hall–Kier alpha value is -1.98. The highest BCUT2D eigenvalue weighted by Gasteiger charge is 2.57. The molecule has 0 aromatic carbocycles. The van der Waals surface area contributed by atoms with Gasteiger partial charge in [0.2, 0.25) is 5.60 Å². The van der Waals surface area contributed by atoms with E-state index in [1.807, 2.05) is 0 Å². The van der Waals surface area contributed by atoms with Gasteiger partial charge in [-0.1, -0.05) is 6.42 Å². The van der Waals surface area contributed by atoms with Crippen LogP contribution < -0.4 is 10.6 Å². The van der Waals surface area contributed by atoms with Gasteiger partial charge in [0.25, 0.3) is 0 Å². The first-order valence-electron chi connectivity index (χ1n) is 9.77. The van der Waals surface area contributed by atoms with Crippen LogP contribution in [-0.2, 0) is 12.6 Å². The highest BCUT2D eigenvalue weighted by Crippen LogP contribution is 2.41. The number of aromatic nitrogens is 2. The van der Waals surface area contributed by atoms with E-state index < -0.39 is 48.7 Å². The molecule has 0 aliphatic heterocycles. The average molecular weight is 443 g/mol.